The van der Waals surface area contributed by atoms with E-state index in [2.05, 4.69) is 45.5 Å². The third-order valence-electron chi connectivity index (χ3n) is 5.85. The molecule has 30 heavy (non-hydrogen) atoms. The monoisotopic (exact) mass is 404 g/mol. The lowest BCUT2D eigenvalue weighted by Gasteiger charge is -2.35. The second-order valence-electron chi connectivity index (χ2n) is 7.79. The van der Waals surface area contributed by atoms with Gasteiger partial charge >= 0.3 is 0 Å². The summed E-state index contributed by atoms with van der Waals surface area (Å²) in [7, 11) is 0. The minimum atomic E-state index is -0.00785. The van der Waals surface area contributed by atoms with Gasteiger partial charge in [-0.15, -0.1) is 0 Å². The van der Waals surface area contributed by atoms with Gasteiger partial charge in [0.1, 0.15) is 11.5 Å². The summed E-state index contributed by atoms with van der Waals surface area (Å²) in [6.45, 7) is 6.33. The van der Waals surface area contributed by atoms with Crippen LogP contribution in [0.3, 0.4) is 0 Å². The molecule has 0 spiro atoms. The molecule has 1 atom stereocenters. The van der Waals surface area contributed by atoms with E-state index in [4.69, 9.17) is 10.2 Å². The number of carbonyl (C=O) groups excluding carboxylic acids is 1. The highest BCUT2D eigenvalue weighted by Gasteiger charge is 2.25. The molecule has 0 radical (unpaired) electrons. The number of anilines is 1. The first-order valence-electron chi connectivity index (χ1n) is 10.6. The van der Waals surface area contributed by atoms with E-state index >= 15 is 0 Å². The van der Waals surface area contributed by atoms with Crippen molar-refractivity contribution in [2.75, 3.05) is 57.3 Å². The van der Waals surface area contributed by atoms with E-state index in [9.17, 15) is 4.79 Å². The van der Waals surface area contributed by atoms with Crippen molar-refractivity contribution in [3.8, 4) is 6.07 Å². The molecule has 0 unspecified atom stereocenters. The van der Waals surface area contributed by atoms with Gasteiger partial charge in [-0.1, -0.05) is 36.4 Å². The second kappa shape index (κ2) is 9.70. The van der Waals surface area contributed by atoms with E-state index in [0.29, 0.717) is 25.2 Å². The molecule has 7 heteroatoms. The van der Waals surface area contributed by atoms with Crippen molar-refractivity contribution in [3.05, 3.63) is 59.8 Å². The Bertz CT molecular complexity index is 888. The van der Waals surface area contributed by atoms with Crippen LogP contribution in [0.2, 0.25) is 0 Å². The topological polar surface area (TPSA) is 75.5 Å². The third kappa shape index (κ3) is 4.78. The van der Waals surface area contributed by atoms with Gasteiger partial charge < -0.3 is 15.1 Å². The molecule has 156 valence electrons. The summed E-state index contributed by atoms with van der Waals surface area (Å²) < 4.78 is 0. The highest BCUT2D eigenvalue weighted by molar-refractivity contribution is 5.92. The molecule has 7 nitrogen and oxygen atoms in total. The van der Waals surface area contributed by atoms with Crippen LogP contribution in [0.5, 0.6) is 0 Å². The maximum Gasteiger partial charge on any atom is 0.272 e. The number of benzene rings is 1. The number of nitrogens with zero attached hydrogens (tertiary/aromatic N) is 5. The van der Waals surface area contributed by atoms with Crippen molar-refractivity contribution < 1.29 is 4.79 Å². The van der Waals surface area contributed by atoms with Crippen molar-refractivity contribution >= 4 is 11.7 Å². The van der Waals surface area contributed by atoms with Crippen LogP contribution in [-0.4, -0.2) is 73.0 Å². The normalized spacial score (nSPS) is 20.0. The molecule has 1 N–H and O–H groups in total. The van der Waals surface area contributed by atoms with Gasteiger partial charge in [0.2, 0.25) is 0 Å². The van der Waals surface area contributed by atoms with E-state index in [1.54, 1.807) is 0 Å². The van der Waals surface area contributed by atoms with Crippen LogP contribution < -0.4 is 10.2 Å². The maximum atomic E-state index is 13.0. The number of carbonyl (C=O) groups is 1. The van der Waals surface area contributed by atoms with Crippen LogP contribution in [0, 0.1) is 11.3 Å². The van der Waals surface area contributed by atoms with Gasteiger partial charge in [0.05, 0.1) is 6.07 Å². The molecule has 4 rings (SSSR count). The van der Waals surface area contributed by atoms with Crippen LogP contribution in [0.25, 0.3) is 0 Å². The van der Waals surface area contributed by atoms with Crippen LogP contribution in [-0.2, 0) is 0 Å². The molecule has 2 saturated heterocycles. The second-order valence-corrected chi connectivity index (χ2v) is 7.79. The summed E-state index contributed by atoms with van der Waals surface area (Å²) in [6.07, 6.45) is 0.534. The van der Waals surface area contributed by atoms with E-state index in [0.717, 1.165) is 45.1 Å². The molecule has 2 aliphatic rings. The fourth-order valence-corrected chi connectivity index (χ4v) is 4.13. The van der Waals surface area contributed by atoms with E-state index in [1.807, 2.05) is 29.2 Å². The fraction of sp³-hybridized carbons (Fsp3) is 0.435. The number of aromatic nitrogens is 1. The van der Waals surface area contributed by atoms with Crippen LogP contribution in [0.4, 0.5) is 5.82 Å². The minimum Gasteiger partial charge on any atom is -0.353 e. The minimum absolute atomic E-state index is 0.00785. The maximum absolute atomic E-state index is 13.0. The number of amides is 1. The number of nitriles is 1. The van der Waals surface area contributed by atoms with E-state index in [-0.39, 0.29) is 11.9 Å². The highest BCUT2D eigenvalue weighted by atomic mass is 16.2. The summed E-state index contributed by atoms with van der Waals surface area (Å²) >= 11 is 0. The first kappa shape index (κ1) is 20.3. The Morgan fingerprint density at radius 1 is 1.07 bits per heavy atom. The smallest absolute Gasteiger partial charge is 0.272 e. The number of piperazine rings is 2. The molecule has 2 aliphatic heterocycles. The Balaban J connectivity index is 1.40. The summed E-state index contributed by atoms with van der Waals surface area (Å²) in [5, 5.41) is 12.3. The number of nitrogens with one attached hydrogen (secondary N) is 1. The largest absolute Gasteiger partial charge is 0.353 e. The van der Waals surface area contributed by atoms with Gasteiger partial charge in [-0.2, -0.15) is 5.26 Å². The molecule has 0 bridgehead atoms. The molecule has 1 aromatic carbocycles. The van der Waals surface area contributed by atoms with Crippen LogP contribution in [0.1, 0.15) is 28.5 Å². The van der Waals surface area contributed by atoms with Crippen LogP contribution in [0.15, 0.2) is 48.5 Å². The van der Waals surface area contributed by atoms with E-state index < -0.39 is 0 Å². The van der Waals surface area contributed by atoms with Crippen molar-refractivity contribution in [2.24, 2.45) is 0 Å². The number of hydrogen-bond acceptors (Lipinski definition) is 6. The molecule has 0 aliphatic carbocycles. The molecular weight excluding hydrogens is 376 g/mol. The third-order valence-corrected chi connectivity index (χ3v) is 5.85. The lowest BCUT2D eigenvalue weighted by Crippen LogP contribution is -2.49. The summed E-state index contributed by atoms with van der Waals surface area (Å²) in [6, 6.07) is 18.6. The van der Waals surface area contributed by atoms with Gasteiger partial charge in [0, 0.05) is 64.8 Å². The zero-order valence-corrected chi connectivity index (χ0v) is 17.2. The summed E-state index contributed by atoms with van der Waals surface area (Å²) in [4.78, 5) is 24.1. The SMILES string of the molecule is N#CCCN1CCN(C(=O)c2cccc(N3CCN[C@@H](c4ccccc4)C3)n2)CC1. The Hall–Kier alpha value is -2.95. The molecule has 1 amide bonds. The standard InChI is InChI=1S/C23H28N6O/c24-10-5-12-27-14-16-28(17-15-27)23(30)20-8-4-9-22(26-20)29-13-11-25-21(18-29)19-6-2-1-3-7-19/h1-4,6-9,21,25H,5,11-18H2/t21-/m1/s1. The summed E-state index contributed by atoms with van der Waals surface area (Å²) in [5.41, 5.74) is 1.77. The summed E-state index contributed by atoms with van der Waals surface area (Å²) in [5.74, 6) is 0.850. The van der Waals surface area contributed by atoms with E-state index in [1.165, 1.54) is 5.56 Å². The fourth-order valence-electron chi connectivity index (χ4n) is 4.13. The Labute approximate surface area is 177 Å². The average Bonchev–Trinajstić information content (AvgIpc) is 2.83. The lowest BCUT2D eigenvalue weighted by atomic mass is 10.0. The average molecular weight is 405 g/mol. The number of rotatable bonds is 5. The van der Waals surface area contributed by atoms with Gasteiger partial charge in [-0.3, -0.25) is 9.69 Å². The highest BCUT2D eigenvalue weighted by Crippen LogP contribution is 2.21. The van der Waals surface area contributed by atoms with Crippen molar-refractivity contribution in [1.82, 2.24) is 20.1 Å². The first-order chi connectivity index (χ1) is 14.7. The lowest BCUT2D eigenvalue weighted by molar-refractivity contribution is 0.0634. The van der Waals surface area contributed by atoms with Gasteiger partial charge in [-0.05, 0) is 17.7 Å². The Morgan fingerprint density at radius 2 is 1.87 bits per heavy atom. The van der Waals surface area contributed by atoms with Gasteiger partial charge in [0.15, 0.2) is 0 Å². The van der Waals surface area contributed by atoms with Gasteiger partial charge in [-0.25, -0.2) is 4.98 Å². The zero-order chi connectivity index (χ0) is 20.8. The number of hydrogen-bond donors (Lipinski definition) is 1. The van der Waals surface area contributed by atoms with Crippen molar-refractivity contribution in [2.45, 2.75) is 12.5 Å². The predicted octanol–water partition coefficient (Wildman–Crippen LogP) is 1.90. The van der Waals surface area contributed by atoms with Crippen molar-refractivity contribution in [3.63, 3.8) is 0 Å². The first-order valence-corrected chi connectivity index (χ1v) is 10.6. The Morgan fingerprint density at radius 3 is 2.63 bits per heavy atom. The van der Waals surface area contributed by atoms with Crippen LogP contribution >= 0.6 is 0 Å². The molecule has 3 heterocycles. The zero-order valence-electron chi connectivity index (χ0n) is 17.2. The number of pyridine rings is 1. The molecule has 2 fully saturated rings. The molecular formula is C23H28N6O. The molecule has 0 saturated carbocycles. The van der Waals surface area contributed by atoms with Gasteiger partial charge in [0.25, 0.3) is 5.91 Å². The quantitative estimate of drug-likeness (QED) is 0.821. The Kier molecular flexibility index (Phi) is 6.57. The van der Waals surface area contributed by atoms with Crippen molar-refractivity contribution in [1.29, 1.82) is 5.26 Å². The molecule has 1 aromatic heterocycles. The molecule has 2 aromatic rings. The predicted molar refractivity (Wildman–Crippen MR) is 116 cm³/mol.